The number of halogens is 1. The summed E-state index contributed by atoms with van der Waals surface area (Å²) in [4.78, 5) is 31.2. The molecule has 1 fully saturated rings. The van der Waals surface area contributed by atoms with E-state index in [0.717, 1.165) is 24.2 Å². The highest BCUT2D eigenvalue weighted by Gasteiger charge is 2.16. The lowest BCUT2D eigenvalue weighted by molar-refractivity contribution is -0.119. The topological polar surface area (TPSA) is 71.5 Å². The molecule has 0 spiro atoms. The van der Waals surface area contributed by atoms with Gasteiger partial charge < -0.3 is 15.0 Å². The number of esters is 1. The Hall–Kier alpha value is -2.90. The number of anilines is 2. The molecule has 1 N–H and O–H groups in total. The fraction of sp³-hybridized carbons (Fsp3) is 0.261. The molecule has 1 aliphatic heterocycles. The molecule has 3 aromatic rings. The van der Waals surface area contributed by atoms with Gasteiger partial charge in [0.15, 0.2) is 12.3 Å². The molecule has 31 heavy (non-hydrogen) atoms. The van der Waals surface area contributed by atoms with Gasteiger partial charge in [0, 0.05) is 40.4 Å². The van der Waals surface area contributed by atoms with Gasteiger partial charge in [0.1, 0.15) is 5.01 Å². The maximum atomic E-state index is 12.3. The number of carbonyl (C=O) groups excluding carboxylic acids is 2. The Balaban J connectivity index is 1.31. The molecule has 0 atom stereocenters. The molecule has 2 aromatic carbocycles. The molecule has 1 amide bonds. The van der Waals surface area contributed by atoms with E-state index in [4.69, 9.17) is 16.3 Å². The molecule has 1 aromatic heterocycles. The molecule has 6 nitrogen and oxygen atoms in total. The Morgan fingerprint density at radius 2 is 1.90 bits per heavy atom. The van der Waals surface area contributed by atoms with Crippen LogP contribution in [0.4, 0.5) is 11.4 Å². The average molecular weight is 456 g/mol. The molecule has 4 rings (SSSR count). The third-order valence-electron chi connectivity index (χ3n) is 5.09. The van der Waals surface area contributed by atoms with Gasteiger partial charge in [-0.25, -0.2) is 9.78 Å². The van der Waals surface area contributed by atoms with Gasteiger partial charge in [-0.15, -0.1) is 11.3 Å². The maximum Gasteiger partial charge on any atom is 0.358 e. The third-order valence-corrected chi connectivity index (χ3v) is 6.24. The lowest BCUT2D eigenvalue weighted by Gasteiger charge is -2.19. The van der Waals surface area contributed by atoms with E-state index in [2.05, 4.69) is 21.3 Å². The zero-order valence-electron chi connectivity index (χ0n) is 17.1. The number of benzene rings is 2. The van der Waals surface area contributed by atoms with Crippen LogP contribution in [0.25, 0.3) is 10.6 Å². The number of nitrogens with one attached hydrogen (secondary N) is 1. The minimum atomic E-state index is -0.632. The normalized spacial score (nSPS) is 13.3. The number of hydrogen-bond donors (Lipinski definition) is 1. The van der Waals surface area contributed by atoms with E-state index in [1.54, 1.807) is 17.5 Å². The van der Waals surface area contributed by atoms with E-state index < -0.39 is 11.9 Å². The molecular weight excluding hydrogens is 434 g/mol. The van der Waals surface area contributed by atoms with Crippen LogP contribution in [0.2, 0.25) is 5.02 Å². The smallest absolute Gasteiger partial charge is 0.358 e. The van der Waals surface area contributed by atoms with Crippen molar-refractivity contribution < 1.29 is 14.3 Å². The molecule has 1 aliphatic rings. The van der Waals surface area contributed by atoms with Crippen molar-refractivity contribution in [3.05, 3.63) is 64.1 Å². The first-order valence-electron chi connectivity index (χ1n) is 10.0. The van der Waals surface area contributed by atoms with Crippen LogP contribution in [-0.4, -0.2) is 36.6 Å². The van der Waals surface area contributed by atoms with Crippen LogP contribution in [-0.2, 0) is 9.53 Å². The Morgan fingerprint density at radius 3 is 2.61 bits per heavy atom. The third kappa shape index (κ3) is 5.24. The molecule has 0 bridgehead atoms. The van der Waals surface area contributed by atoms with Crippen LogP contribution in [0.1, 0.15) is 28.9 Å². The van der Waals surface area contributed by atoms with Crippen molar-refractivity contribution >= 4 is 46.2 Å². The van der Waals surface area contributed by atoms with Gasteiger partial charge in [-0.1, -0.05) is 23.7 Å². The predicted octanol–water partition coefficient (Wildman–Crippen LogP) is 5.17. The van der Waals surface area contributed by atoms with Crippen molar-refractivity contribution in [3.8, 4) is 10.6 Å². The van der Waals surface area contributed by atoms with Gasteiger partial charge in [0.2, 0.25) is 0 Å². The molecule has 2 heterocycles. The number of hydrogen-bond acceptors (Lipinski definition) is 6. The fourth-order valence-corrected chi connectivity index (χ4v) is 4.37. The van der Waals surface area contributed by atoms with Gasteiger partial charge >= 0.3 is 5.97 Å². The van der Waals surface area contributed by atoms with Crippen LogP contribution >= 0.6 is 22.9 Å². The van der Waals surface area contributed by atoms with Gasteiger partial charge in [-0.3, -0.25) is 4.79 Å². The Morgan fingerprint density at radius 1 is 1.16 bits per heavy atom. The summed E-state index contributed by atoms with van der Waals surface area (Å²) in [6.07, 6.45) is 2.42. The monoisotopic (exact) mass is 455 g/mol. The molecule has 0 unspecified atom stereocenters. The number of carbonyl (C=O) groups is 2. The highest BCUT2D eigenvalue weighted by atomic mass is 35.5. The summed E-state index contributed by atoms with van der Waals surface area (Å²) in [6.45, 7) is 3.71. The lowest BCUT2D eigenvalue weighted by Crippen LogP contribution is -2.22. The zero-order valence-corrected chi connectivity index (χ0v) is 18.6. The molecule has 0 saturated carbocycles. The summed E-state index contributed by atoms with van der Waals surface area (Å²) >= 11 is 7.23. The summed E-state index contributed by atoms with van der Waals surface area (Å²) < 4.78 is 5.14. The van der Waals surface area contributed by atoms with Crippen LogP contribution in [0.15, 0.2) is 47.8 Å². The highest BCUT2D eigenvalue weighted by molar-refractivity contribution is 7.13. The van der Waals surface area contributed by atoms with E-state index in [1.807, 2.05) is 31.2 Å². The standard InChI is InChI=1S/C23H22ClN3O3S/c1-15-12-18(27-10-2-3-11-27)8-9-19(15)25-21(28)13-30-23(29)20-14-31-22(26-20)16-4-6-17(24)7-5-16/h4-9,12,14H,2-3,10-11,13H2,1H3,(H,25,28). The number of aryl methyl sites for hydroxylation is 1. The van der Waals surface area contributed by atoms with E-state index >= 15 is 0 Å². The van der Waals surface area contributed by atoms with Gasteiger partial charge in [0.25, 0.3) is 5.91 Å². The van der Waals surface area contributed by atoms with Crippen molar-refractivity contribution in [3.63, 3.8) is 0 Å². The van der Waals surface area contributed by atoms with Crippen molar-refractivity contribution in [1.29, 1.82) is 0 Å². The van der Waals surface area contributed by atoms with Gasteiger partial charge in [0.05, 0.1) is 0 Å². The fourth-order valence-electron chi connectivity index (χ4n) is 3.44. The summed E-state index contributed by atoms with van der Waals surface area (Å²) in [5.74, 6) is -1.02. The van der Waals surface area contributed by atoms with Crippen molar-refractivity contribution in [2.75, 3.05) is 29.9 Å². The SMILES string of the molecule is Cc1cc(N2CCCC2)ccc1NC(=O)COC(=O)c1csc(-c2ccc(Cl)cc2)n1. The molecule has 8 heteroatoms. The lowest BCUT2D eigenvalue weighted by atomic mass is 10.1. The summed E-state index contributed by atoms with van der Waals surface area (Å²) in [7, 11) is 0. The van der Waals surface area contributed by atoms with Crippen molar-refractivity contribution in [2.24, 2.45) is 0 Å². The van der Waals surface area contributed by atoms with Crippen LogP contribution < -0.4 is 10.2 Å². The van der Waals surface area contributed by atoms with E-state index in [9.17, 15) is 9.59 Å². The quantitative estimate of drug-likeness (QED) is 0.519. The predicted molar refractivity (Wildman–Crippen MR) is 124 cm³/mol. The highest BCUT2D eigenvalue weighted by Crippen LogP contribution is 2.26. The number of rotatable bonds is 6. The molecule has 0 radical (unpaired) electrons. The average Bonchev–Trinajstić information content (AvgIpc) is 3.46. The van der Waals surface area contributed by atoms with Gasteiger partial charge in [-0.2, -0.15) is 0 Å². The second-order valence-corrected chi connectivity index (χ2v) is 8.66. The number of thiazole rings is 1. The van der Waals surface area contributed by atoms with Crippen molar-refractivity contribution in [2.45, 2.75) is 19.8 Å². The molecule has 1 saturated heterocycles. The number of aromatic nitrogens is 1. The Bertz CT molecular complexity index is 1090. The van der Waals surface area contributed by atoms with E-state index in [1.165, 1.54) is 29.9 Å². The maximum absolute atomic E-state index is 12.3. The van der Waals surface area contributed by atoms with Crippen LogP contribution in [0.5, 0.6) is 0 Å². The Kier molecular flexibility index (Phi) is 6.53. The van der Waals surface area contributed by atoms with Crippen LogP contribution in [0.3, 0.4) is 0 Å². The number of nitrogens with zero attached hydrogens (tertiary/aromatic N) is 2. The number of amides is 1. The van der Waals surface area contributed by atoms with E-state index in [0.29, 0.717) is 15.7 Å². The first kappa shape index (κ1) is 21.3. The minimum absolute atomic E-state index is 0.175. The first-order chi connectivity index (χ1) is 15.0. The largest absolute Gasteiger partial charge is 0.451 e. The summed E-state index contributed by atoms with van der Waals surface area (Å²) in [6, 6.07) is 13.2. The van der Waals surface area contributed by atoms with Crippen molar-refractivity contribution in [1.82, 2.24) is 4.98 Å². The molecule has 160 valence electrons. The van der Waals surface area contributed by atoms with Gasteiger partial charge in [-0.05, 0) is 55.7 Å². The minimum Gasteiger partial charge on any atom is -0.451 e. The second-order valence-electron chi connectivity index (χ2n) is 7.36. The summed E-state index contributed by atoms with van der Waals surface area (Å²) in [5, 5.41) is 5.74. The first-order valence-corrected chi connectivity index (χ1v) is 11.3. The summed E-state index contributed by atoms with van der Waals surface area (Å²) in [5.41, 5.74) is 3.88. The number of ether oxygens (including phenoxy) is 1. The Labute approximate surface area is 189 Å². The zero-order chi connectivity index (χ0) is 21.8. The molecule has 0 aliphatic carbocycles. The van der Waals surface area contributed by atoms with Crippen LogP contribution in [0, 0.1) is 6.92 Å². The molecular formula is C23H22ClN3O3S. The van der Waals surface area contributed by atoms with E-state index in [-0.39, 0.29) is 12.3 Å². The second kappa shape index (κ2) is 9.49.